The van der Waals surface area contributed by atoms with Gasteiger partial charge in [0.2, 0.25) is 0 Å². The van der Waals surface area contributed by atoms with Crippen molar-refractivity contribution in [2.45, 2.75) is 0 Å². The molecule has 0 radical (unpaired) electrons. The summed E-state index contributed by atoms with van der Waals surface area (Å²) in [5, 5.41) is 6.16. The number of halogens is 1. The monoisotopic (exact) mass is 525 g/mol. The van der Waals surface area contributed by atoms with Crippen molar-refractivity contribution < 1.29 is 0 Å². The summed E-state index contributed by atoms with van der Waals surface area (Å²) in [7, 11) is 0. The summed E-state index contributed by atoms with van der Waals surface area (Å²) in [5.41, 5.74) is 9.41. The summed E-state index contributed by atoms with van der Waals surface area (Å²) in [6, 6.07) is 49.4. The molecule has 2 heteroatoms. The van der Waals surface area contributed by atoms with Crippen LogP contribution in [0.25, 0.3) is 44.2 Å². The molecule has 0 unspecified atom stereocenters. The van der Waals surface area contributed by atoms with E-state index in [-0.39, 0.29) is 0 Å². The molecule has 0 bridgehead atoms. The van der Waals surface area contributed by atoms with E-state index in [4.69, 9.17) is 0 Å². The number of hydrogen-bond donors (Lipinski definition) is 1. The molecule has 6 rings (SSSR count). The van der Waals surface area contributed by atoms with Crippen LogP contribution in [0.1, 0.15) is 0 Å². The lowest BCUT2D eigenvalue weighted by molar-refractivity contribution is 1.54. The molecular formula is C34H24BrN. The van der Waals surface area contributed by atoms with Gasteiger partial charge in [0, 0.05) is 21.4 Å². The Bertz CT molecular complexity index is 1620. The largest absolute Gasteiger partial charge is 0.355 e. The molecule has 0 spiro atoms. The Labute approximate surface area is 220 Å². The summed E-state index contributed by atoms with van der Waals surface area (Å²) in [6.45, 7) is 0. The highest BCUT2D eigenvalue weighted by molar-refractivity contribution is 9.10. The van der Waals surface area contributed by atoms with Gasteiger partial charge < -0.3 is 5.32 Å². The average molecular weight is 526 g/mol. The first-order chi connectivity index (χ1) is 17.7. The van der Waals surface area contributed by atoms with Crippen LogP contribution in [0.15, 0.2) is 144 Å². The van der Waals surface area contributed by atoms with Gasteiger partial charge in [-0.2, -0.15) is 0 Å². The lowest BCUT2D eigenvalue weighted by Gasteiger charge is -2.16. The van der Waals surface area contributed by atoms with Crippen LogP contribution in [0.2, 0.25) is 0 Å². The molecule has 1 nitrogen and oxygen atoms in total. The van der Waals surface area contributed by atoms with E-state index in [1.54, 1.807) is 0 Å². The predicted octanol–water partition coefficient (Wildman–Crippen LogP) is 10.3. The molecule has 172 valence electrons. The van der Waals surface area contributed by atoms with Gasteiger partial charge in [-0.25, -0.2) is 0 Å². The fourth-order valence-electron chi connectivity index (χ4n) is 4.69. The quantitative estimate of drug-likeness (QED) is 0.236. The smallest absolute Gasteiger partial charge is 0.0470 e. The van der Waals surface area contributed by atoms with Crippen molar-refractivity contribution in [1.82, 2.24) is 0 Å². The Morgan fingerprint density at radius 3 is 1.64 bits per heavy atom. The van der Waals surface area contributed by atoms with Crippen molar-refractivity contribution >= 4 is 38.1 Å². The first-order valence-electron chi connectivity index (χ1n) is 12.1. The molecule has 0 saturated heterocycles. The van der Waals surface area contributed by atoms with Crippen molar-refractivity contribution in [2.75, 3.05) is 5.32 Å². The maximum absolute atomic E-state index is 3.69. The average Bonchev–Trinajstić information content (AvgIpc) is 2.94. The third-order valence-corrected chi connectivity index (χ3v) is 7.08. The van der Waals surface area contributed by atoms with Crippen LogP contribution in [0.4, 0.5) is 11.4 Å². The molecule has 0 saturated carbocycles. The van der Waals surface area contributed by atoms with Gasteiger partial charge in [0.1, 0.15) is 0 Å². The number of rotatable bonds is 5. The van der Waals surface area contributed by atoms with Crippen LogP contribution in [0, 0.1) is 0 Å². The van der Waals surface area contributed by atoms with Gasteiger partial charge in [-0.05, 0) is 68.9 Å². The molecule has 0 fully saturated rings. The van der Waals surface area contributed by atoms with E-state index in [0.29, 0.717) is 0 Å². The van der Waals surface area contributed by atoms with Gasteiger partial charge >= 0.3 is 0 Å². The van der Waals surface area contributed by atoms with Gasteiger partial charge in [-0.1, -0.05) is 125 Å². The number of fused-ring (bicyclic) bond motifs is 1. The number of hydrogen-bond acceptors (Lipinski definition) is 1. The minimum absolute atomic E-state index is 1.06. The van der Waals surface area contributed by atoms with E-state index < -0.39 is 0 Å². The van der Waals surface area contributed by atoms with E-state index in [9.17, 15) is 0 Å². The van der Waals surface area contributed by atoms with Crippen LogP contribution in [0.5, 0.6) is 0 Å². The number of benzene rings is 6. The minimum Gasteiger partial charge on any atom is -0.355 e. The lowest BCUT2D eigenvalue weighted by atomic mass is 9.94. The molecule has 0 aromatic heterocycles. The molecule has 0 aliphatic rings. The van der Waals surface area contributed by atoms with Gasteiger partial charge in [-0.3, -0.25) is 0 Å². The highest BCUT2D eigenvalue weighted by Crippen LogP contribution is 2.38. The second-order valence-corrected chi connectivity index (χ2v) is 9.78. The summed E-state index contributed by atoms with van der Waals surface area (Å²) < 4.78 is 1.09. The molecule has 0 amide bonds. The zero-order valence-corrected chi connectivity index (χ0v) is 21.2. The Hall–Kier alpha value is -4.14. The highest BCUT2D eigenvalue weighted by atomic mass is 79.9. The van der Waals surface area contributed by atoms with Gasteiger partial charge in [0.05, 0.1) is 0 Å². The van der Waals surface area contributed by atoms with E-state index >= 15 is 0 Å². The molecular weight excluding hydrogens is 502 g/mol. The van der Waals surface area contributed by atoms with E-state index in [1.165, 1.54) is 44.2 Å². The van der Waals surface area contributed by atoms with Crippen molar-refractivity contribution in [3.05, 3.63) is 144 Å². The van der Waals surface area contributed by atoms with Crippen molar-refractivity contribution in [3.63, 3.8) is 0 Å². The predicted molar refractivity (Wildman–Crippen MR) is 158 cm³/mol. The summed E-state index contributed by atoms with van der Waals surface area (Å²) in [5.74, 6) is 0. The molecule has 0 atom stereocenters. The second kappa shape index (κ2) is 9.85. The zero-order valence-electron chi connectivity index (χ0n) is 19.7. The summed E-state index contributed by atoms with van der Waals surface area (Å²) in [6.07, 6.45) is 0. The van der Waals surface area contributed by atoms with Crippen LogP contribution in [-0.4, -0.2) is 0 Å². The molecule has 36 heavy (non-hydrogen) atoms. The normalized spacial score (nSPS) is 10.9. The maximum atomic E-state index is 3.69. The Morgan fingerprint density at radius 1 is 0.417 bits per heavy atom. The number of nitrogens with one attached hydrogen (secondary N) is 1. The van der Waals surface area contributed by atoms with E-state index in [0.717, 1.165) is 15.8 Å². The first kappa shape index (κ1) is 22.3. The van der Waals surface area contributed by atoms with Crippen molar-refractivity contribution in [2.24, 2.45) is 0 Å². The molecule has 0 heterocycles. The third-order valence-electron chi connectivity index (χ3n) is 6.55. The van der Waals surface area contributed by atoms with Crippen molar-refractivity contribution in [3.8, 4) is 33.4 Å². The molecule has 6 aromatic rings. The van der Waals surface area contributed by atoms with Crippen LogP contribution in [0.3, 0.4) is 0 Å². The third kappa shape index (κ3) is 4.56. The van der Waals surface area contributed by atoms with Crippen molar-refractivity contribution in [1.29, 1.82) is 0 Å². The van der Waals surface area contributed by atoms with Gasteiger partial charge in [0.15, 0.2) is 0 Å². The first-order valence-corrected chi connectivity index (χ1v) is 12.8. The Balaban J connectivity index is 1.37. The summed E-state index contributed by atoms with van der Waals surface area (Å²) >= 11 is 3.52. The summed E-state index contributed by atoms with van der Waals surface area (Å²) in [4.78, 5) is 0. The number of anilines is 2. The maximum Gasteiger partial charge on any atom is 0.0470 e. The van der Waals surface area contributed by atoms with Crippen LogP contribution < -0.4 is 5.32 Å². The molecule has 0 aliphatic carbocycles. The fourth-order valence-corrected chi connectivity index (χ4v) is 4.95. The SMILES string of the molecule is Brc1ccc(-c2ccc(Nc3ccc4ccccc4c3-c3ccc(-c4ccccc4)cc3)cc2)cc1. The highest BCUT2D eigenvalue weighted by Gasteiger charge is 2.11. The second-order valence-electron chi connectivity index (χ2n) is 8.86. The minimum atomic E-state index is 1.06. The molecule has 1 N–H and O–H groups in total. The molecule has 6 aromatic carbocycles. The molecule has 0 aliphatic heterocycles. The van der Waals surface area contributed by atoms with Crippen LogP contribution >= 0.6 is 15.9 Å². The van der Waals surface area contributed by atoms with Gasteiger partial charge in [0.25, 0.3) is 0 Å². The Kier molecular flexibility index (Phi) is 6.11. The van der Waals surface area contributed by atoms with E-state index in [2.05, 4.69) is 161 Å². The Morgan fingerprint density at radius 2 is 0.944 bits per heavy atom. The van der Waals surface area contributed by atoms with Crippen LogP contribution in [-0.2, 0) is 0 Å². The lowest BCUT2D eigenvalue weighted by Crippen LogP contribution is -1.95. The van der Waals surface area contributed by atoms with Gasteiger partial charge in [-0.15, -0.1) is 0 Å². The standard InChI is InChI=1S/C34H24BrN/c35-30-19-14-26(15-20-30)27-16-21-31(22-17-27)36-33-23-18-28-8-4-5-9-32(28)34(33)29-12-10-25(11-13-29)24-6-2-1-3-7-24/h1-23,36H. The fraction of sp³-hybridized carbons (Fsp3) is 0. The topological polar surface area (TPSA) is 12.0 Å². The van der Waals surface area contributed by atoms with E-state index in [1.807, 2.05) is 0 Å². The zero-order chi connectivity index (χ0) is 24.3.